The van der Waals surface area contributed by atoms with Crippen molar-refractivity contribution in [2.45, 2.75) is 38.6 Å². The van der Waals surface area contributed by atoms with Gasteiger partial charge in [0, 0.05) is 37.5 Å². The average molecular weight is 408 g/mol. The highest BCUT2D eigenvalue weighted by atomic mass is 16.5. The molecular formula is C22H24N4O4. The summed E-state index contributed by atoms with van der Waals surface area (Å²) in [5.41, 5.74) is 1.84. The van der Waals surface area contributed by atoms with Gasteiger partial charge in [0.05, 0.1) is 6.26 Å². The molecule has 2 amide bonds. The second kappa shape index (κ2) is 8.94. The highest BCUT2D eigenvalue weighted by Gasteiger charge is 2.24. The highest BCUT2D eigenvalue weighted by molar-refractivity contribution is 5.94. The van der Waals surface area contributed by atoms with E-state index in [2.05, 4.69) is 15.5 Å². The summed E-state index contributed by atoms with van der Waals surface area (Å²) >= 11 is 0. The van der Waals surface area contributed by atoms with Crippen LogP contribution in [-0.4, -0.2) is 46.0 Å². The SMILES string of the molecule is Cc1ccc(C(=O)N2CCC(NC(=O)CCc3nc(-c4ccco4)no3)CC2)cc1. The minimum absolute atomic E-state index is 0.0449. The minimum atomic E-state index is -0.0592. The number of amides is 2. The number of likely N-dealkylation sites (tertiary alicyclic amines) is 1. The maximum Gasteiger partial charge on any atom is 0.253 e. The van der Waals surface area contributed by atoms with Crippen LogP contribution < -0.4 is 5.32 Å². The second-order valence-corrected chi connectivity index (χ2v) is 7.49. The normalized spacial score (nSPS) is 14.6. The van der Waals surface area contributed by atoms with Crippen molar-refractivity contribution in [3.05, 3.63) is 59.7 Å². The van der Waals surface area contributed by atoms with Crippen LogP contribution in [0.15, 0.2) is 51.6 Å². The first kappa shape index (κ1) is 19.9. The van der Waals surface area contributed by atoms with Crippen LogP contribution in [0.4, 0.5) is 0 Å². The van der Waals surface area contributed by atoms with Crippen LogP contribution >= 0.6 is 0 Å². The number of carbonyl (C=O) groups excluding carboxylic acids is 2. The van der Waals surface area contributed by atoms with Gasteiger partial charge >= 0.3 is 0 Å². The highest BCUT2D eigenvalue weighted by Crippen LogP contribution is 2.17. The summed E-state index contributed by atoms with van der Waals surface area (Å²) in [4.78, 5) is 31.0. The molecule has 0 saturated carbocycles. The molecule has 1 saturated heterocycles. The number of hydrogen-bond acceptors (Lipinski definition) is 6. The molecular weight excluding hydrogens is 384 g/mol. The Kier molecular flexibility index (Phi) is 5.92. The lowest BCUT2D eigenvalue weighted by Gasteiger charge is -2.32. The lowest BCUT2D eigenvalue weighted by atomic mass is 10.0. The lowest BCUT2D eigenvalue weighted by Crippen LogP contribution is -2.46. The van der Waals surface area contributed by atoms with Crippen LogP contribution in [-0.2, 0) is 11.2 Å². The average Bonchev–Trinajstić information content (AvgIpc) is 3.45. The summed E-state index contributed by atoms with van der Waals surface area (Å²) in [7, 11) is 0. The smallest absolute Gasteiger partial charge is 0.253 e. The van der Waals surface area contributed by atoms with Crippen molar-refractivity contribution >= 4 is 11.8 Å². The predicted octanol–water partition coefficient (Wildman–Crippen LogP) is 2.99. The third-order valence-corrected chi connectivity index (χ3v) is 5.22. The summed E-state index contributed by atoms with van der Waals surface area (Å²) < 4.78 is 10.4. The molecule has 3 heterocycles. The van der Waals surface area contributed by atoms with Gasteiger partial charge in [0.25, 0.3) is 5.91 Å². The Morgan fingerprint density at radius 3 is 2.63 bits per heavy atom. The first-order chi connectivity index (χ1) is 14.6. The number of rotatable bonds is 6. The molecule has 1 aliphatic heterocycles. The van der Waals surface area contributed by atoms with Crippen LogP contribution in [0.2, 0.25) is 0 Å². The van der Waals surface area contributed by atoms with Crippen molar-refractivity contribution < 1.29 is 18.5 Å². The fourth-order valence-corrected chi connectivity index (χ4v) is 3.49. The molecule has 1 N–H and O–H groups in total. The largest absolute Gasteiger partial charge is 0.461 e. The number of aromatic nitrogens is 2. The fraction of sp³-hybridized carbons (Fsp3) is 0.364. The van der Waals surface area contributed by atoms with E-state index in [1.54, 1.807) is 18.4 Å². The van der Waals surface area contributed by atoms with Crippen LogP contribution in [0.1, 0.15) is 41.1 Å². The molecule has 4 rings (SSSR count). The molecule has 8 heteroatoms. The zero-order valence-electron chi connectivity index (χ0n) is 16.8. The summed E-state index contributed by atoms with van der Waals surface area (Å²) in [6, 6.07) is 11.2. The monoisotopic (exact) mass is 408 g/mol. The Bertz CT molecular complexity index is 987. The van der Waals surface area contributed by atoms with Gasteiger partial charge in [-0.1, -0.05) is 22.9 Å². The number of benzene rings is 1. The van der Waals surface area contributed by atoms with E-state index in [0.29, 0.717) is 42.5 Å². The van der Waals surface area contributed by atoms with E-state index in [9.17, 15) is 9.59 Å². The van der Waals surface area contributed by atoms with Crippen molar-refractivity contribution in [1.82, 2.24) is 20.4 Å². The van der Waals surface area contributed by atoms with Gasteiger partial charge in [-0.15, -0.1) is 0 Å². The second-order valence-electron chi connectivity index (χ2n) is 7.49. The van der Waals surface area contributed by atoms with E-state index in [4.69, 9.17) is 8.94 Å². The van der Waals surface area contributed by atoms with Gasteiger partial charge in [0.15, 0.2) is 5.76 Å². The van der Waals surface area contributed by atoms with Gasteiger partial charge < -0.3 is 19.2 Å². The van der Waals surface area contributed by atoms with Crippen LogP contribution in [0.5, 0.6) is 0 Å². The van der Waals surface area contributed by atoms with E-state index in [1.807, 2.05) is 36.1 Å². The van der Waals surface area contributed by atoms with Gasteiger partial charge in [0.1, 0.15) is 0 Å². The van der Waals surface area contributed by atoms with Crippen molar-refractivity contribution in [2.24, 2.45) is 0 Å². The molecule has 1 aromatic carbocycles. The zero-order valence-corrected chi connectivity index (χ0v) is 16.8. The Morgan fingerprint density at radius 2 is 1.93 bits per heavy atom. The van der Waals surface area contributed by atoms with Gasteiger partial charge in [-0.3, -0.25) is 9.59 Å². The predicted molar refractivity (Wildman–Crippen MR) is 109 cm³/mol. The van der Waals surface area contributed by atoms with Crippen LogP contribution in [0, 0.1) is 6.92 Å². The molecule has 0 unspecified atom stereocenters. The van der Waals surface area contributed by atoms with Gasteiger partial charge in [0.2, 0.25) is 17.6 Å². The third kappa shape index (κ3) is 4.76. The maximum absolute atomic E-state index is 12.6. The molecule has 3 aromatic rings. The van der Waals surface area contributed by atoms with Gasteiger partial charge in [-0.2, -0.15) is 4.98 Å². The van der Waals surface area contributed by atoms with E-state index in [1.165, 1.54) is 0 Å². The Morgan fingerprint density at radius 1 is 1.17 bits per heavy atom. The topological polar surface area (TPSA) is 101 Å². The summed E-state index contributed by atoms with van der Waals surface area (Å²) in [5, 5.41) is 6.90. The number of piperidine rings is 1. The van der Waals surface area contributed by atoms with E-state index < -0.39 is 0 Å². The summed E-state index contributed by atoms with van der Waals surface area (Å²) in [6.07, 6.45) is 3.66. The molecule has 0 bridgehead atoms. The molecule has 30 heavy (non-hydrogen) atoms. The number of hydrogen-bond donors (Lipinski definition) is 1. The van der Waals surface area contributed by atoms with Crippen molar-refractivity contribution in [1.29, 1.82) is 0 Å². The molecule has 0 atom stereocenters. The Hall–Kier alpha value is -3.42. The number of aryl methyl sites for hydroxylation is 2. The number of carbonyl (C=O) groups is 2. The molecule has 8 nitrogen and oxygen atoms in total. The van der Waals surface area contributed by atoms with E-state index in [-0.39, 0.29) is 24.3 Å². The molecule has 1 aliphatic rings. The fourth-order valence-electron chi connectivity index (χ4n) is 3.49. The molecule has 0 aliphatic carbocycles. The first-order valence-electron chi connectivity index (χ1n) is 10.1. The summed E-state index contributed by atoms with van der Waals surface area (Å²) in [5.74, 6) is 1.29. The number of nitrogens with one attached hydrogen (secondary N) is 1. The van der Waals surface area contributed by atoms with Crippen LogP contribution in [0.3, 0.4) is 0 Å². The number of furan rings is 1. The van der Waals surface area contributed by atoms with Crippen molar-refractivity contribution in [2.75, 3.05) is 13.1 Å². The van der Waals surface area contributed by atoms with Crippen molar-refractivity contribution in [3.63, 3.8) is 0 Å². The quantitative estimate of drug-likeness (QED) is 0.673. The molecule has 0 radical (unpaired) electrons. The van der Waals surface area contributed by atoms with Crippen LogP contribution in [0.25, 0.3) is 11.6 Å². The standard InChI is InChI=1S/C22H24N4O4/c1-15-4-6-16(7-5-15)22(28)26-12-10-17(11-13-26)23-19(27)8-9-20-24-21(25-30-20)18-3-2-14-29-18/h2-7,14,17H,8-13H2,1H3,(H,23,27). The Balaban J connectivity index is 1.21. The summed E-state index contributed by atoms with van der Waals surface area (Å²) in [6.45, 7) is 3.26. The molecule has 1 fully saturated rings. The van der Waals surface area contributed by atoms with Gasteiger partial charge in [-0.05, 0) is 44.0 Å². The molecule has 0 spiro atoms. The minimum Gasteiger partial charge on any atom is -0.461 e. The van der Waals surface area contributed by atoms with Crippen molar-refractivity contribution in [3.8, 4) is 11.6 Å². The Labute approximate surface area is 174 Å². The van der Waals surface area contributed by atoms with E-state index >= 15 is 0 Å². The maximum atomic E-state index is 12.6. The van der Waals surface area contributed by atoms with Gasteiger partial charge in [-0.25, -0.2) is 0 Å². The van der Waals surface area contributed by atoms with E-state index in [0.717, 1.165) is 18.4 Å². The molecule has 2 aromatic heterocycles. The first-order valence-corrected chi connectivity index (χ1v) is 10.1. The zero-order chi connectivity index (χ0) is 20.9. The molecule has 156 valence electrons. The number of nitrogens with zero attached hydrogens (tertiary/aromatic N) is 3. The lowest BCUT2D eigenvalue weighted by molar-refractivity contribution is -0.122. The third-order valence-electron chi connectivity index (χ3n) is 5.22.